The Morgan fingerprint density at radius 3 is 2.65 bits per heavy atom. The molecule has 0 bridgehead atoms. The summed E-state index contributed by atoms with van der Waals surface area (Å²) in [6.45, 7) is 6.34. The molecule has 5 nitrogen and oxygen atoms in total. The molecule has 0 saturated carbocycles. The van der Waals surface area contributed by atoms with Gasteiger partial charge in [0.25, 0.3) is 0 Å². The number of carbonyl (C=O) groups is 1. The van der Waals surface area contributed by atoms with Gasteiger partial charge in [0.05, 0.1) is 5.97 Å². The number of benzene rings is 1. The maximum Gasteiger partial charge on any atom is 0.192 e. The van der Waals surface area contributed by atoms with Gasteiger partial charge in [-0.15, -0.1) is 10.2 Å². The van der Waals surface area contributed by atoms with E-state index >= 15 is 0 Å². The number of aromatic nitrogens is 3. The number of hydrogen-bond acceptors (Lipinski definition) is 5. The lowest BCUT2D eigenvalue weighted by Crippen LogP contribution is -2.24. The van der Waals surface area contributed by atoms with E-state index in [-0.39, 0.29) is 5.75 Å². The van der Waals surface area contributed by atoms with Crippen molar-refractivity contribution in [3.05, 3.63) is 42.5 Å². The number of carboxylic acid groups (broad SMARTS) is 1. The van der Waals surface area contributed by atoms with Crippen molar-refractivity contribution in [3.8, 4) is 11.4 Å². The Kier molecular flexibility index (Phi) is 4.57. The molecule has 1 aromatic carbocycles. The third-order valence-corrected chi connectivity index (χ3v) is 3.44. The Bertz CT molecular complexity index is 623. The Morgan fingerprint density at radius 1 is 1.35 bits per heavy atom. The molecule has 0 spiro atoms. The van der Waals surface area contributed by atoms with Gasteiger partial charge in [0.1, 0.15) is 0 Å². The van der Waals surface area contributed by atoms with Crippen LogP contribution in [-0.2, 0) is 11.3 Å². The summed E-state index contributed by atoms with van der Waals surface area (Å²) in [5.41, 5.74) is 1.87. The molecule has 0 fully saturated rings. The van der Waals surface area contributed by atoms with Gasteiger partial charge in [-0.1, -0.05) is 54.2 Å². The van der Waals surface area contributed by atoms with Crippen LogP contribution >= 0.6 is 11.8 Å². The molecule has 0 radical (unpaired) electrons. The van der Waals surface area contributed by atoms with E-state index in [1.54, 1.807) is 0 Å². The zero-order valence-electron chi connectivity index (χ0n) is 11.1. The molecule has 0 atom stereocenters. The van der Waals surface area contributed by atoms with Crippen LogP contribution in [0.4, 0.5) is 0 Å². The highest BCUT2D eigenvalue weighted by Gasteiger charge is 2.14. The average Bonchev–Trinajstić information content (AvgIpc) is 2.79. The van der Waals surface area contributed by atoms with Gasteiger partial charge in [-0.3, -0.25) is 4.57 Å². The Hall–Kier alpha value is -2.08. The molecule has 1 heterocycles. The second-order valence-electron chi connectivity index (χ2n) is 4.38. The number of aliphatic carboxylic acids is 1. The first kappa shape index (κ1) is 14.3. The van der Waals surface area contributed by atoms with Crippen molar-refractivity contribution in [1.82, 2.24) is 14.8 Å². The van der Waals surface area contributed by atoms with Crippen LogP contribution < -0.4 is 5.11 Å². The van der Waals surface area contributed by atoms with Crippen LogP contribution in [-0.4, -0.2) is 26.5 Å². The maximum absolute atomic E-state index is 10.6. The van der Waals surface area contributed by atoms with Crippen molar-refractivity contribution < 1.29 is 9.90 Å². The van der Waals surface area contributed by atoms with Gasteiger partial charge < -0.3 is 9.90 Å². The molecular formula is C14H14N3O2S-. The zero-order valence-corrected chi connectivity index (χ0v) is 11.9. The molecule has 0 N–H and O–H groups in total. The summed E-state index contributed by atoms with van der Waals surface area (Å²) >= 11 is 1.10. The molecule has 0 amide bonds. The van der Waals surface area contributed by atoms with E-state index in [0.29, 0.717) is 17.5 Å². The minimum atomic E-state index is -1.12. The molecule has 0 aliphatic rings. The molecule has 0 unspecified atom stereocenters. The van der Waals surface area contributed by atoms with Gasteiger partial charge in [0.15, 0.2) is 11.0 Å². The minimum Gasteiger partial charge on any atom is -0.549 e. The van der Waals surface area contributed by atoms with Crippen molar-refractivity contribution in [2.45, 2.75) is 18.6 Å². The van der Waals surface area contributed by atoms with Crippen LogP contribution in [0.3, 0.4) is 0 Å². The van der Waals surface area contributed by atoms with Crippen LogP contribution in [0.15, 0.2) is 47.6 Å². The van der Waals surface area contributed by atoms with Gasteiger partial charge in [-0.05, 0) is 6.92 Å². The summed E-state index contributed by atoms with van der Waals surface area (Å²) in [4.78, 5) is 10.6. The number of thioether (sulfide) groups is 1. The second-order valence-corrected chi connectivity index (χ2v) is 5.32. The second kappa shape index (κ2) is 6.38. The van der Waals surface area contributed by atoms with Crippen LogP contribution in [0.1, 0.15) is 6.92 Å². The zero-order chi connectivity index (χ0) is 14.5. The predicted molar refractivity (Wildman–Crippen MR) is 76.0 cm³/mol. The molecule has 0 aliphatic heterocycles. The maximum atomic E-state index is 10.6. The molecular weight excluding hydrogens is 274 g/mol. The van der Waals surface area contributed by atoms with Gasteiger partial charge >= 0.3 is 0 Å². The van der Waals surface area contributed by atoms with Crippen LogP contribution in [0, 0.1) is 0 Å². The number of allylic oxidation sites excluding steroid dienone is 1. The molecule has 0 aliphatic carbocycles. The average molecular weight is 288 g/mol. The van der Waals surface area contributed by atoms with E-state index in [1.165, 1.54) is 0 Å². The number of hydrogen-bond donors (Lipinski definition) is 0. The van der Waals surface area contributed by atoms with Crippen LogP contribution in [0.5, 0.6) is 0 Å². The fourth-order valence-corrected chi connectivity index (χ4v) is 2.38. The fraction of sp³-hybridized carbons (Fsp3) is 0.214. The first-order valence-electron chi connectivity index (χ1n) is 6.03. The highest BCUT2D eigenvalue weighted by Crippen LogP contribution is 2.24. The molecule has 20 heavy (non-hydrogen) atoms. The summed E-state index contributed by atoms with van der Waals surface area (Å²) in [6.07, 6.45) is 0. The number of nitrogens with zero attached hydrogens (tertiary/aromatic N) is 3. The Labute approximate surface area is 121 Å². The number of carbonyl (C=O) groups excluding carboxylic acids is 1. The lowest BCUT2D eigenvalue weighted by molar-refractivity contribution is -0.301. The molecule has 6 heteroatoms. The summed E-state index contributed by atoms with van der Waals surface area (Å²) in [6, 6.07) is 9.64. The first-order valence-corrected chi connectivity index (χ1v) is 7.02. The molecule has 0 saturated heterocycles. The third-order valence-electron chi connectivity index (χ3n) is 2.50. The van der Waals surface area contributed by atoms with E-state index in [9.17, 15) is 9.90 Å². The minimum absolute atomic E-state index is 0.150. The van der Waals surface area contributed by atoms with Gasteiger partial charge in [-0.25, -0.2) is 0 Å². The van der Waals surface area contributed by atoms with Gasteiger partial charge in [0, 0.05) is 17.9 Å². The standard InChI is InChI=1S/C14H15N3O2S/c1-10(2)8-17-13(11-6-4-3-5-7-11)15-16-14(17)20-9-12(18)19/h3-7H,1,8-9H2,2H3,(H,18,19)/p-1. The molecule has 2 rings (SSSR count). The Morgan fingerprint density at radius 2 is 2.05 bits per heavy atom. The highest BCUT2D eigenvalue weighted by atomic mass is 32.2. The molecule has 1 aromatic heterocycles. The summed E-state index contributed by atoms with van der Waals surface area (Å²) in [5, 5.41) is 19.3. The quantitative estimate of drug-likeness (QED) is 0.593. The topological polar surface area (TPSA) is 70.8 Å². The van der Waals surface area contributed by atoms with Crippen LogP contribution in [0.25, 0.3) is 11.4 Å². The van der Waals surface area contributed by atoms with Crippen molar-refractivity contribution in [3.63, 3.8) is 0 Å². The summed E-state index contributed by atoms with van der Waals surface area (Å²) in [7, 11) is 0. The van der Waals surface area contributed by atoms with Crippen molar-refractivity contribution >= 4 is 17.7 Å². The smallest absolute Gasteiger partial charge is 0.192 e. The number of carboxylic acids is 1. The molecule has 2 aromatic rings. The third kappa shape index (κ3) is 3.48. The highest BCUT2D eigenvalue weighted by molar-refractivity contribution is 7.99. The number of rotatable bonds is 6. The van der Waals surface area contributed by atoms with Crippen LogP contribution in [0.2, 0.25) is 0 Å². The van der Waals surface area contributed by atoms with Crippen molar-refractivity contribution in [2.75, 3.05) is 5.75 Å². The first-order chi connectivity index (χ1) is 9.58. The normalized spacial score (nSPS) is 10.4. The van der Waals surface area contributed by atoms with E-state index < -0.39 is 5.97 Å². The van der Waals surface area contributed by atoms with E-state index in [0.717, 1.165) is 22.9 Å². The summed E-state index contributed by atoms with van der Waals surface area (Å²) in [5.74, 6) is -0.570. The lowest BCUT2D eigenvalue weighted by atomic mass is 10.2. The monoisotopic (exact) mass is 288 g/mol. The van der Waals surface area contributed by atoms with Gasteiger partial charge in [0.2, 0.25) is 0 Å². The van der Waals surface area contributed by atoms with E-state index in [2.05, 4.69) is 16.8 Å². The predicted octanol–water partition coefficient (Wildman–Crippen LogP) is 1.36. The molecule has 104 valence electrons. The Balaban J connectivity index is 2.37. The van der Waals surface area contributed by atoms with Crippen molar-refractivity contribution in [1.29, 1.82) is 0 Å². The van der Waals surface area contributed by atoms with E-state index in [1.807, 2.05) is 41.8 Å². The SMILES string of the molecule is C=C(C)Cn1c(SCC(=O)[O-])nnc1-c1ccccc1. The largest absolute Gasteiger partial charge is 0.549 e. The summed E-state index contributed by atoms with van der Waals surface area (Å²) < 4.78 is 1.87. The lowest BCUT2D eigenvalue weighted by Gasteiger charge is -2.10. The van der Waals surface area contributed by atoms with Gasteiger partial charge in [-0.2, -0.15) is 0 Å². The fourth-order valence-electron chi connectivity index (χ4n) is 1.73. The van der Waals surface area contributed by atoms with E-state index in [4.69, 9.17) is 0 Å². The van der Waals surface area contributed by atoms with Crippen molar-refractivity contribution in [2.24, 2.45) is 0 Å².